The average Bonchev–Trinajstić information content (AvgIpc) is 2.65. The zero-order chi connectivity index (χ0) is 18.6. The number of benzene rings is 2. The highest BCUT2D eigenvalue weighted by Gasteiger charge is 2.33. The van der Waals surface area contributed by atoms with E-state index in [9.17, 15) is 13.2 Å². The van der Waals surface area contributed by atoms with Crippen molar-refractivity contribution in [1.82, 2.24) is 4.90 Å². The van der Waals surface area contributed by atoms with Crippen LogP contribution in [-0.2, 0) is 32.6 Å². The number of methoxy groups -OCH3 is 1. The molecule has 2 aromatic carbocycles. The van der Waals surface area contributed by atoms with Crippen molar-refractivity contribution in [2.75, 3.05) is 19.4 Å². The number of nitrogens with zero attached hydrogens (tertiary/aromatic N) is 1. The van der Waals surface area contributed by atoms with Gasteiger partial charge in [0.25, 0.3) is 0 Å². The summed E-state index contributed by atoms with van der Waals surface area (Å²) in [6.07, 6.45) is 0.502. The quantitative estimate of drug-likeness (QED) is 0.568. The lowest BCUT2D eigenvalue weighted by molar-refractivity contribution is -0.147. The lowest BCUT2D eigenvalue weighted by Gasteiger charge is -2.34. The fourth-order valence-corrected chi connectivity index (χ4v) is 4.02. The highest BCUT2D eigenvalue weighted by molar-refractivity contribution is 7.87. The largest absolute Gasteiger partial charge is 0.468 e. The van der Waals surface area contributed by atoms with Gasteiger partial charge in [0.2, 0.25) is 0 Å². The molecule has 0 spiro atoms. The minimum absolute atomic E-state index is 0.184. The Morgan fingerprint density at radius 2 is 1.73 bits per heavy atom. The van der Waals surface area contributed by atoms with Crippen LogP contribution in [0.4, 0.5) is 0 Å². The van der Waals surface area contributed by atoms with E-state index < -0.39 is 16.2 Å². The molecule has 138 valence electrons. The summed E-state index contributed by atoms with van der Waals surface area (Å²) in [6.45, 7) is 0.681. The van der Waals surface area contributed by atoms with E-state index in [0.717, 1.165) is 11.1 Å². The van der Waals surface area contributed by atoms with Crippen LogP contribution < -0.4 is 4.18 Å². The smallest absolute Gasteiger partial charge is 0.323 e. The van der Waals surface area contributed by atoms with E-state index in [1.54, 1.807) is 30.3 Å². The first-order valence-corrected chi connectivity index (χ1v) is 9.92. The van der Waals surface area contributed by atoms with Gasteiger partial charge in [-0.15, -0.1) is 0 Å². The van der Waals surface area contributed by atoms with Gasteiger partial charge in [0.15, 0.2) is 0 Å². The molecule has 1 heterocycles. The van der Waals surface area contributed by atoms with E-state index in [1.807, 2.05) is 29.2 Å². The van der Waals surface area contributed by atoms with Gasteiger partial charge in [-0.3, -0.25) is 9.69 Å². The maximum atomic E-state index is 12.3. The normalized spacial score (nSPS) is 17.3. The number of carbonyl (C=O) groups is 1. The molecule has 0 fully saturated rings. The number of rotatable bonds is 6. The number of ether oxygens (including phenoxy) is 1. The number of para-hydroxylation sites is 1. The second-order valence-electron chi connectivity index (χ2n) is 6.14. The molecule has 3 rings (SSSR count). The van der Waals surface area contributed by atoms with Crippen LogP contribution in [0.5, 0.6) is 5.75 Å². The third-order valence-electron chi connectivity index (χ3n) is 4.41. The Balaban J connectivity index is 1.71. The van der Waals surface area contributed by atoms with Crippen LogP contribution in [-0.4, -0.2) is 44.7 Å². The van der Waals surface area contributed by atoms with Crippen molar-refractivity contribution in [2.45, 2.75) is 19.0 Å². The summed E-state index contributed by atoms with van der Waals surface area (Å²) in [7, 11) is -2.42. The van der Waals surface area contributed by atoms with Gasteiger partial charge in [0, 0.05) is 13.1 Å². The van der Waals surface area contributed by atoms with Crippen LogP contribution in [0.3, 0.4) is 0 Å². The second kappa shape index (κ2) is 7.88. The molecule has 0 radical (unpaired) electrons. The zero-order valence-electron chi connectivity index (χ0n) is 14.5. The lowest BCUT2D eigenvalue weighted by Crippen LogP contribution is -2.47. The van der Waals surface area contributed by atoms with E-state index in [0.29, 0.717) is 13.0 Å². The topological polar surface area (TPSA) is 72.9 Å². The van der Waals surface area contributed by atoms with Gasteiger partial charge in [0.05, 0.1) is 12.9 Å². The molecule has 1 atom stereocenters. The molecule has 0 saturated carbocycles. The number of hydrogen-bond donors (Lipinski definition) is 0. The first kappa shape index (κ1) is 18.4. The Morgan fingerprint density at radius 1 is 1.08 bits per heavy atom. The maximum Gasteiger partial charge on any atom is 0.323 e. The van der Waals surface area contributed by atoms with Gasteiger partial charge in [0.1, 0.15) is 11.8 Å². The molecule has 1 aliphatic rings. The monoisotopic (exact) mass is 375 g/mol. The molecule has 1 aliphatic heterocycles. The van der Waals surface area contributed by atoms with Crippen molar-refractivity contribution >= 4 is 16.1 Å². The van der Waals surface area contributed by atoms with Crippen molar-refractivity contribution in [3.8, 4) is 5.75 Å². The van der Waals surface area contributed by atoms with E-state index in [-0.39, 0.29) is 24.0 Å². The molecule has 7 heteroatoms. The van der Waals surface area contributed by atoms with Crippen molar-refractivity contribution in [2.24, 2.45) is 0 Å². The third-order valence-corrected chi connectivity index (χ3v) is 5.54. The molecular weight excluding hydrogens is 354 g/mol. The number of fused-ring (bicyclic) bond motifs is 1. The van der Waals surface area contributed by atoms with Crippen LogP contribution in [0.15, 0.2) is 54.6 Å². The molecule has 2 aromatic rings. The Kier molecular flexibility index (Phi) is 5.58. The van der Waals surface area contributed by atoms with E-state index in [2.05, 4.69) is 0 Å². The molecule has 0 saturated heterocycles. The number of hydrogen-bond acceptors (Lipinski definition) is 6. The van der Waals surface area contributed by atoms with Gasteiger partial charge in [-0.2, -0.15) is 8.42 Å². The molecule has 6 nitrogen and oxygen atoms in total. The Bertz CT molecular complexity index is 867. The van der Waals surface area contributed by atoms with Crippen LogP contribution in [0, 0.1) is 0 Å². The highest BCUT2D eigenvalue weighted by Crippen LogP contribution is 2.24. The first-order chi connectivity index (χ1) is 12.5. The summed E-state index contributed by atoms with van der Waals surface area (Å²) in [5.74, 6) is -0.292. The van der Waals surface area contributed by atoms with E-state index >= 15 is 0 Å². The van der Waals surface area contributed by atoms with Crippen molar-refractivity contribution < 1.29 is 22.1 Å². The summed E-state index contributed by atoms with van der Waals surface area (Å²) in [5, 5.41) is 0. The van der Waals surface area contributed by atoms with Crippen LogP contribution in [0.2, 0.25) is 0 Å². The molecule has 0 amide bonds. The van der Waals surface area contributed by atoms with Gasteiger partial charge in [-0.1, -0.05) is 42.5 Å². The zero-order valence-corrected chi connectivity index (χ0v) is 15.3. The van der Waals surface area contributed by atoms with Crippen molar-refractivity contribution in [1.29, 1.82) is 0 Å². The molecule has 0 N–H and O–H groups in total. The molecule has 0 unspecified atom stereocenters. The van der Waals surface area contributed by atoms with Crippen LogP contribution in [0.1, 0.15) is 11.1 Å². The summed E-state index contributed by atoms with van der Waals surface area (Å²) in [6, 6.07) is 15.7. The van der Waals surface area contributed by atoms with Gasteiger partial charge in [-0.25, -0.2) is 0 Å². The summed E-state index contributed by atoms with van der Waals surface area (Å²) >= 11 is 0. The Morgan fingerprint density at radius 3 is 2.42 bits per heavy atom. The molecular formula is C19H21NO5S. The minimum atomic E-state index is -3.76. The maximum absolute atomic E-state index is 12.3. The van der Waals surface area contributed by atoms with Crippen molar-refractivity contribution in [3.05, 3.63) is 65.7 Å². The van der Waals surface area contributed by atoms with E-state index in [1.165, 1.54) is 7.11 Å². The van der Waals surface area contributed by atoms with Gasteiger partial charge >= 0.3 is 16.1 Å². The summed E-state index contributed by atoms with van der Waals surface area (Å²) < 4.78 is 34.6. The summed E-state index contributed by atoms with van der Waals surface area (Å²) in [5.41, 5.74) is 2.18. The highest BCUT2D eigenvalue weighted by atomic mass is 32.2. The van der Waals surface area contributed by atoms with Crippen LogP contribution >= 0.6 is 0 Å². The standard InChI is InChI=1S/C19H21NO5S/c1-24-19(21)18-13-15-7-5-6-8-16(15)14-20(18)11-12-26(22,23)25-17-9-3-2-4-10-17/h2-10,18H,11-14H2,1H3/t18-/m0/s1. The fourth-order valence-electron chi connectivity index (χ4n) is 3.07. The molecule has 0 bridgehead atoms. The minimum Gasteiger partial charge on any atom is -0.468 e. The fraction of sp³-hybridized carbons (Fsp3) is 0.316. The van der Waals surface area contributed by atoms with Gasteiger partial charge in [-0.05, 0) is 29.7 Å². The van der Waals surface area contributed by atoms with E-state index in [4.69, 9.17) is 8.92 Å². The Labute approximate surface area is 153 Å². The number of carbonyl (C=O) groups excluding carboxylic acids is 1. The molecule has 0 aliphatic carbocycles. The molecule has 0 aromatic heterocycles. The number of esters is 1. The predicted octanol–water partition coefficient (Wildman–Crippen LogP) is 2.00. The van der Waals surface area contributed by atoms with Crippen LogP contribution in [0.25, 0.3) is 0 Å². The third kappa shape index (κ3) is 4.42. The second-order valence-corrected chi connectivity index (χ2v) is 7.83. The predicted molar refractivity (Wildman–Crippen MR) is 97.2 cm³/mol. The van der Waals surface area contributed by atoms with Gasteiger partial charge < -0.3 is 8.92 Å². The summed E-state index contributed by atoms with van der Waals surface area (Å²) in [4.78, 5) is 14.0. The molecule has 26 heavy (non-hydrogen) atoms. The first-order valence-electron chi connectivity index (χ1n) is 8.34. The Hall–Kier alpha value is -2.38. The lowest BCUT2D eigenvalue weighted by atomic mass is 9.94. The average molecular weight is 375 g/mol. The SMILES string of the molecule is COC(=O)[C@@H]1Cc2ccccc2CN1CCS(=O)(=O)Oc1ccccc1. The van der Waals surface area contributed by atoms with Crippen molar-refractivity contribution in [3.63, 3.8) is 0 Å².